The van der Waals surface area contributed by atoms with Crippen LogP contribution in [0, 0.1) is 11.3 Å². The highest BCUT2D eigenvalue weighted by Crippen LogP contribution is 2.44. The first-order chi connectivity index (χ1) is 11.8. The molecule has 126 valence electrons. The zero-order chi connectivity index (χ0) is 16.4. The molecule has 2 aromatic rings. The lowest BCUT2D eigenvalue weighted by Gasteiger charge is -2.36. The molecule has 1 saturated carbocycles. The van der Waals surface area contributed by atoms with Crippen molar-refractivity contribution in [3.63, 3.8) is 0 Å². The van der Waals surface area contributed by atoms with E-state index in [1.54, 1.807) is 12.4 Å². The number of carbonyl (C=O) groups is 1. The van der Waals surface area contributed by atoms with Crippen LogP contribution in [-0.4, -0.2) is 33.8 Å². The highest BCUT2D eigenvalue weighted by atomic mass is 16.2. The Balaban J connectivity index is 1.45. The van der Waals surface area contributed by atoms with Gasteiger partial charge in [0.25, 0.3) is 0 Å². The van der Waals surface area contributed by atoms with Crippen molar-refractivity contribution in [2.24, 2.45) is 11.3 Å². The number of pyridine rings is 1. The van der Waals surface area contributed by atoms with E-state index >= 15 is 0 Å². The molecule has 2 atom stereocenters. The van der Waals surface area contributed by atoms with E-state index in [1.807, 2.05) is 29.1 Å². The van der Waals surface area contributed by atoms with Crippen LogP contribution in [0.4, 0.5) is 5.82 Å². The van der Waals surface area contributed by atoms with Crippen LogP contribution in [0.1, 0.15) is 31.2 Å². The zero-order valence-corrected chi connectivity index (χ0v) is 13.7. The molecule has 1 aliphatic carbocycles. The third kappa shape index (κ3) is 2.82. The maximum absolute atomic E-state index is 12.9. The van der Waals surface area contributed by atoms with E-state index in [4.69, 9.17) is 0 Å². The van der Waals surface area contributed by atoms with E-state index < -0.39 is 0 Å². The number of anilines is 1. The largest absolute Gasteiger partial charge is 0.315 e. The number of aromatic nitrogens is 3. The molecule has 1 saturated heterocycles. The summed E-state index contributed by atoms with van der Waals surface area (Å²) in [5.74, 6) is 1.23. The van der Waals surface area contributed by atoms with Gasteiger partial charge in [0.15, 0.2) is 5.82 Å². The number of fused-ring (bicyclic) bond motifs is 1. The maximum atomic E-state index is 12.9. The van der Waals surface area contributed by atoms with Gasteiger partial charge < -0.3 is 10.6 Å². The van der Waals surface area contributed by atoms with E-state index in [9.17, 15) is 4.79 Å². The van der Waals surface area contributed by atoms with Gasteiger partial charge in [0.05, 0.1) is 12.0 Å². The SMILES string of the molecule is O=C(Nc1ccn(Cc2ccncc2)n1)[C@@]12CCCC[C@H]1CNC2. The topological polar surface area (TPSA) is 71.8 Å². The monoisotopic (exact) mass is 325 g/mol. The van der Waals surface area contributed by atoms with Crippen LogP contribution in [0.15, 0.2) is 36.8 Å². The standard InChI is InChI=1S/C18H23N5O/c24-17(18-7-2-1-3-15(18)11-20-13-18)21-16-6-10-23(22-16)12-14-4-8-19-9-5-14/h4-6,8-10,15,20H,1-3,7,11-13H2,(H,21,22,24)/t15-,18+/m0/s1. The Kier molecular flexibility index (Phi) is 4.06. The van der Waals surface area contributed by atoms with Gasteiger partial charge in [0, 0.05) is 31.2 Å². The predicted molar refractivity (Wildman–Crippen MR) is 91.5 cm³/mol. The number of nitrogens with zero attached hydrogens (tertiary/aromatic N) is 3. The minimum atomic E-state index is -0.243. The normalized spacial score (nSPS) is 26.1. The summed E-state index contributed by atoms with van der Waals surface area (Å²) in [5.41, 5.74) is 0.893. The van der Waals surface area contributed by atoms with Crippen molar-refractivity contribution in [3.05, 3.63) is 42.4 Å². The third-order valence-electron chi connectivity index (χ3n) is 5.47. The molecule has 4 rings (SSSR count). The quantitative estimate of drug-likeness (QED) is 0.902. The lowest BCUT2D eigenvalue weighted by Crippen LogP contribution is -2.44. The molecular formula is C18H23N5O. The molecule has 2 aliphatic rings. The van der Waals surface area contributed by atoms with Crippen molar-refractivity contribution in [1.82, 2.24) is 20.1 Å². The smallest absolute Gasteiger partial charge is 0.233 e. The van der Waals surface area contributed by atoms with Crippen LogP contribution in [0.3, 0.4) is 0 Å². The van der Waals surface area contributed by atoms with Crippen LogP contribution < -0.4 is 10.6 Å². The summed E-state index contributed by atoms with van der Waals surface area (Å²) in [5, 5.41) is 11.0. The number of nitrogens with one attached hydrogen (secondary N) is 2. The van der Waals surface area contributed by atoms with E-state index in [2.05, 4.69) is 20.7 Å². The maximum Gasteiger partial charge on any atom is 0.233 e. The van der Waals surface area contributed by atoms with Crippen LogP contribution in [0.2, 0.25) is 0 Å². The molecule has 2 aromatic heterocycles. The first-order valence-electron chi connectivity index (χ1n) is 8.71. The number of carbonyl (C=O) groups excluding carboxylic acids is 1. The Morgan fingerprint density at radius 3 is 3.08 bits per heavy atom. The van der Waals surface area contributed by atoms with Crippen molar-refractivity contribution in [1.29, 1.82) is 0 Å². The fourth-order valence-corrected chi connectivity index (χ4v) is 4.12. The van der Waals surface area contributed by atoms with Gasteiger partial charge in [0.2, 0.25) is 5.91 Å². The molecule has 0 aromatic carbocycles. The van der Waals surface area contributed by atoms with Gasteiger partial charge in [-0.25, -0.2) is 0 Å². The molecule has 24 heavy (non-hydrogen) atoms. The summed E-state index contributed by atoms with van der Waals surface area (Å²) < 4.78 is 1.84. The molecule has 0 spiro atoms. The molecule has 0 unspecified atom stereocenters. The van der Waals surface area contributed by atoms with E-state index in [-0.39, 0.29) is 11.3 Å². The molecule has 0 radical (unpaired) electrons. The Labute approximate surface area is 141 Å². The number of rotatable bonds is 4. The van der Waals surface area contributed by atoms with Crippen molar-refractivity contribution in [3.8, 4) is 0 Å². The lowest BCUT2D eigenvalue weighted by molar-refractivity contribution is -0.128. The number of hydrogen-bond acceptors (Lipinski definition) is 4. The highest BCUT2D eigenvalue weighted by molar-refractivity contribution is 5.95. The van der Waals surface area contributed by atoms with Crippen molar-refractivity contribution in [2.75, 3.05) is 18.4 Å². The second-order valence-corrected chi connectivity index (χ2v) is 6.94. The van der Waals surface area contributed by atoms with Gasteiger partial charge in [-0.1, -0.05) is 12.8 Å². The molecule has 2 fully saturated rings. The molecule has 6 heteroatoms. The van der Waals surface area contributed by atoms with Gasteiger partial charge in [0.1, 0.15) is 0 Å². The first kappa shape index (κ1) is 15.3. The Hall–Kier alpha value is -2.21. The van der Waals surface area contributed by atoms with Crippen LogP contribution in [0.5, 0.6) is 0 Å². The molecule has 6 nitrogen and oxygen atoms in total. The summed E-state index contributed by atoms with van der Waals surface area (Å²) in [4.78, 5) is 17.0. The van der Waals surface area contributed by atoms with E-state index in [0.717, 1.165) is 37.9 Å². The molecular weight excluding hydrogens is 302 g/mol. The van der Waals surface area contributed by atoms with Gasteiger partial charge in [-0.3, -0.25) is 14.5 Å². The lowest BCUT2D eigenvalue weighted by atomic mass is 9.67. The number of amides is 1. The summed E-state index contributed by atoms with van der Waals surface area (Å²) in [6, 6.07) is 5.81. The molecule has 3 heterocycles. The van der Waals surface area contributed by atoms with Gasteiger partial charge in [-0.2, -0.15) is 5.10 Å². The van der Waals surface area contributed by atoms with Crippen LogP contribution in [0.25, 0.3) is 0 Å². The molecule has 0 bridgehead atoms. The fraction of sp³-hybridized carbons (Fsp3) is 0.500. The predicted octanol–water partition coefficient (Wildman–Crippen LogP) is 2.04. The van der Waals surface area contributed by atoms with Crippen LogP contribution >= 0.6 is 0 Å². The zero-order valence-electron chi connectivity index (χ0n) is 13.7. The minimum absolute atomic E-state index is 0.131. The average Bonchev–Trinajstić information content (AvgIpc) is 3.23. The summed E-state index contributed by atoms with van der Waals surface area (Å²) >= 11 is 0. The summed E-state index contributed by atoms with van der Waals surface area (Å²) in [6.07, 6.45) is 9.96. The molecule has 1 amide bonds. The minimum Gasteiger partial charge on any atom is -0.315 e. The van der Waals surface area contributed by atoms with Gasteiger partial charge in [-0.05, 0) is 43.0 Å². The Morgan fingerprint density at radius 2 is 2.21 bits per heavy atom. The molecule has 1 aliphatic heterocycles. The Bertz CT molecular complexity index is 713. The fourth-order valence-electron chi connectivity index (χ4n) is 4.12. The van der Waals surface area contributed by atoms with Gasteiger partial charge >= 0.3 is 0 Å². The van der Waals surface area contributed by atoms with Crippen molar-refractivity contribution < 1.29 is 4.79 Å². The number of hydrogen-bond donors (Lipinski definition) is 2. The van der Waals surface area contributed by atoms with Crippen LogP contribution in [-0.2, 0) is 11.3 Å². The average molecular weight is 325 g/mol. The second kappa shape index (κ2) is 6.36. The third-order valence-corrected chi connectivity index (χ3v) is 5.47. The highest BCUT2D eigenvalue weighted by Gasteiger charge is 2.49. The Morgan fingerprint density at radius 1 is 1.33 bits per heavy atom. The second-order valence-electron chi connectivity index (χ2n) is 6.94. The van der Waals surface area contributed by atoms with Crippen molar-refractivity contribution in [2.45, 2.75) is 32.2 Å². The van der Waals surface area contributed by atoms with E-state index in [0.29, 0.717) is 18.3 Å². The molecule has 2 N–H and O–H groups in total. The van der Waals surface area contributed by atoms with Gasteiger partial charge in [-0.15, -0.1) is 0 Å². The first-order valence-corrected chi connectivity index (χ1v) is 8.71. The van der Waals surface area contributed by atoms with Crippen molar-refractivity contribution >= 4 is 11.7 Å². The van der Waals surface area contributed by atoms with E-state index in [1.165, 1.54) is 6.42 Å². The summed E-state index contributed by atoms with van der Waals surface area (Å²) in [6.45, 7) is 2.43. The summed E-state index contributed by atoms with van der Waals surface area (Å²) in [7, 11) is 0.